The lowest BCUT2D eigenvalue weighted by Crippen LogP contribution is -2.40. The number of nitrogens with one attached hydrogen (secondary N) is 4. The molecule has 1 aliphatic carbocycles. The van der Waals surface area contributed by atoms with Gasteiger partial charge in [-0.2, -0.15) is 0 Å². The molecule has 93 heavy (non-hydrogen) atoms. The van der Waals surface area contributed by atoms with E-state index in [1.807, 2.05) is 13.8 Å². The van der Waals surface area contributed by atoms with Crippen molar-refractivity contribution in [1.82, 2.24) is 56.2 Å². The predicted octanol–water partition coefficient (Wildman–Crippen LogP) is 10.5. The van der Waals surface area contributed by atoms with E-state index in [-0.39, 0.29) is 79.4 Å². The van der Waals surface area contributed by atoms with Crippen LogP contribution in [-0.4, -0.2) is 125 Å². The van der Waals surface area contributed by atoms with Crippen LogP contribution in [0.4, 0.5) is 5.82 Å². The number of aromatic nitrogens is 7. The minimum atomic E-state index is -1.29. The molecule has 8 aromatic rings. The number of thiazole rings is 6. The molecule has 8 heterocycles. The van der Waals surface area contributed by atoms with Crippen molar-refractivity contribution >= 4 is 121 Å². The number of hydrogen-bond donors (Lipinski definition) is 7. The number of aliphatic carboxylic acids is 2. The highest BCUT2D eigenvalue weighted by Crippen LogP contribution is 2.42. The van der Waals surface area contributed by atoms with Crippen molar-refractivity contribution in [2.24, 2.45) is 17.8 Å². The number of anilines is 1. The van der Waals surface area contributed by atoms with Gasteiger partial charge in [0.2, 0.25) is 17.7 Å². The Labute approximate surface area is 558 Å². The minimum Gasteiger partial charge on any atom is -0.481 e. The summed E-state index contributed by atoms with van der Waals surface area (Å²) < 4.78 is 5.48. The summed E-state index contributed by atoms with van der Waals surface area (Å²) in [7, 11) is 2.96. The van der Waals surface area contributed by atoms with Crippen LogP contribution in [0.1, 0.15) is 170 Å². The zero-order chi connectivity index (χ0) is 66.0. The third-order valence-corrected chi connectivity index (χ3v) is 21.9. The van der Waals surface area contributed by atoms with Gasteiger partial charge >= 0.3 is 11.9 Å². The average molecular weight is 1380 g/mol. The molecular weight excluding hydrogens is 1310 g/mol. The van der Waals surface area contributed by atoms with Crippen LogP contribution < -0.4 is 26.2 Å². The number of unbranched alkanes of at least 4 members (excludes halogenated alkanes) is 2. The summed E-state index contributed by atoms with van der Waals surface area (Å²) in [6, 6.07) is 10.2. The topological polar surface area (TPSA) is 348 Å². The monoisotopic (exact) mass is 1380 g/mol. The van der Waals surface area contributed by atoms with E-state index in [1.54, 1.807) is 75.8 Å². The first-order valence-corrected chi connectivity index (χ1v) is 35.3. The van der Waals surface area contributed by atoms with E-state index in [2.05, 4.69) is 21.3 Å². The summed E-state index contributed by atoms with van der Waals surface area (Å²) >= 11 is 7.27. The van der Waals surface area contributed by atoms with Gasteiger partial charge in [0, 0.05) is 77.8 Å². The number of carbonyl (C=O) groups is 8. The number of benzene rings is 1. The van der Waals surface area contributed by atoms with Gasteiger partial charge in [-0.25, -0.2) is 34.9 Å². The number of pyridine rings is 1. The van der Waals surface area contributed by atoms with Crippen molar-refractivity contribution in [2.45, 2.75) is 122 Å². The third-order valence-electron chi connectivity index (χ3n) is 16.1. The number of amides is 5. The van der Waals surface area contributed by atoms with Crippen LogP contribution >= 0.6 is 68.0 Å². The van der Waals surface area contributed by atoms with Crippen LogP contribution in [0.25, 0.3) is 43.4 Å². The van der Waals surface area contributed by atoms with Crippen molar-refractivity contribution in [3.05, 3.63) is 111 Å². The van der Waals surface area contributed by atoms with E-state index in [4.69, 9.17) is 39.6 Å². The number of hydrogen-bond acceptors (Lipinski definition) is 23. The molecule has 488 valence electrons. The highest BCUT2D eigenvalue weighted by Gasteiger charge is 2.35. The Morgan fingerprint density at radius 2 is 1.42 bits per heavy atom. The van der Waals surface area contributed by atoms with Crippen molar-refractivity contribution in [3.63, 3.8) is 0 Å². The number of rotatable bonds is 18. The second-order valence-electron chi connectivity index (χ2n) is 22.9. The van der Waals surface area contributed by atoms with Crippen molar-refractivity contribution in [1.29, 1.82) is 0 Å². The molecule has 7 aromatic heterocycles. The van der Waals surface area contributed by atoms with Crippen LogP contribution in [-0.2, 0) is 35.3 Å². The number of carboxylic acid groups (broad SMARTS) is 2. The van der Waals surface area contributed by atoms with E-state index in [0.717, 1.165) is 0 Å². The molecule has 30 heteroatoms. The summed E-state index contributed by atoms with van der Waals surface area (Å²) in [6.45, 7) is 5.40. The van der Waals surface area contributed by atoms with Gasteiger partial charge in [-0.1, -0.05) is 50.6 Å². The normalized spacial score (nSPS) is 18.5. The fraction of sp³-hybridized carbons (Fsp3) is 0.413. The summed E-state index contributed by atoms with van der Waals surface area (Å²) in [5.74, 6) is -5.24. The molecule has 1 unspecified atom stereocenters. The summed E-state index contributed by atoms with van der Waals surface area (Å²) in [6.07, 6.45) is 2.32. The molecular formula is C63H68N12O12S6. The number of aliphatic hydroxyl groups is 1. The molecule has 24 nitrogen and oxygen atoms in total. The first-order chi connectivity index (χ1) is 44.7. The summed E-state index contributed by atoms with van der Waals surface area (Å²) in [5.41, 5.74) is 2.75. The minimum absolute atomic E-state index is 0.00175. The van der Waals surface area contributed by atoms with Gasteiger partial charge in [-0.3, -0.25) is 43.3 Å². The Bertz CT molecular complexity index is 4040. The zero-order valence-corrected chi connectivity index (χ0v) is 56.2. The standard InChI is InChI=1S/C63H68N12O12S6/c1-31(2)37-23-43(76)50-32(3)92-61(73-50)39(24-46(77)64-4)67-55(83)41-28-88-57(69-41)36-19-20-38(59-71-45(30-91-59)75(21-11-7-10-14-49(80)81)48(79)22-33-15-17-35(18-16-33)63(85)86)66-51(36)40-27-89-60(68-40)42-29-90-62(70-42)53(54(82)34-12-8-6-9-13-34)72-47(78)25-65-56(84)52-44(26-87-5)93-58(37)74-52/h6,8-9,12-13,19-20,27-31,33,35,37,39,53-54,82H,7,10-11,14-18,21-26H2,1-5H3,(H,64,77)(H,65,84)(H,67,83)(H,72,78)(H,80,81)(H,85,86)/t33?,35?,37?,39-,53-,54-/m0/s1. The zero-order valence-electron chi connectivity index (χ0n) is 51.3. The molecule has 5 amide bonds. The quantitative estimate of drug-likeness (QED) is 0.0392. The summed E-state index contributed by atoms with van der Waals surface area (Å²) in [5, 5.41) is 51.4. The second kappa shape index (κ2) is 30.9. The first-order valence-electron chi connectivity index (χ1n) is 30.2. The van der Waals surface area contributed by atoms with Gasteiger partial charge in [0.25, 0.3) is 11.8 Å². The van der Waals surface area contributed by atoms with Gasteiger partial charge in [0.15, 0.2) is 5.78 Å². The number of carboxylic acids is 2. The maximum absolute atomic E-state index is 14.5. The number of Topliss-reactive ketones (excluding diaryl/α,β-unsaturated/α-hetero) is 1. The van der Waals surface area contributed by atoms with E-state index >= 15 is 0 Å². The fourth-order valence-corrected chi connectivity index (χ4v) is 16.6. The number of nitrogens with zero attached hydrogens (tertiary/aromatic N) is 8. The lowest BCUT2D eigenvalue weighted by Gasteiger charge is -2.28. The predicted molar refractivity (Wildman–Crippen MR) is 355 cm³/mol. The Balaban J connectivity index is 1.03. The van der Waals surface area contributed by atoms with E-state index < -0.39 is 72.1 Å². The SMILES string of the molecule is CNC(=O)C[C@@H]1NC(=O)c2csc(n2)-c2ccc(-c3nc(N(CCCCCC(=O)O)C(=O)CC4CCC(C(=O)O)CC4)cs3)nc2-c2csc(n2)-c2csc(n2)[C@H]([C@@H](O)c2ccccc2)NC(=O)CNC(=O)c2nc(sc2COC)C(C(C)C)CC(=O)c2nc1sc2C. The number of fused-ring (bicyclic) bond motifs is 14. The number of aryl methyl sites for hydroxylation is 1. The van der Waals surface area contributed by atoms with Crippen molar-refractivity contribution in [2.75, 3.05) is 32.1 Å². The van der Waals surface area contributed by atoms with E-state index in [0.29, 0.717) is 124 Å². The van der Waals surface area contributed by atoms with E-state index in [1.165, 1.54) is 82.2 Å². The molecule has 10 rings (SSSR count). The van der Waals surface area contributed by atoms with Crippen LogP contribution in [0.3, 0.4) is 0 Å². The van der Waals surface area contributed by atoms with Crippen molar-refractivity contribution < 1.29 is 58.4 Å². The molecule has 2 aliphatic rings. The smallest absolute Gasteiger partial charge is 0.306 e. The van der Waals surface area contributed by atoms with Crippen LogP contribution in [0, 0.1) is 24.7 Å². The van der Waals surface area contributed by atoms with Gasteiger partial charge < -0.3 is 41.3 Å². The number of carbonyl (C=O) groups excluding carboxylic acids is 6. The first kappa shape index (κ1) is 67.9. The Kier molecular flexibility index (Phi) is 22.5. The highest BCUT2D eigenvalue weighted by atomic mass is 32.1. The van der Waals surface area contributed by atoms with Crippen LogP contribution in [0.15, 0.2) is 64.0 Å². The largest absolute Gasteiger partial charge is 0.481 e. The van der Waals surface area contributed by atoms with Crippen molar-refractivity contribution in [3.8, 4) is 43.4 Å². The molecule has 0 spiro atoms. The highest BCUT2D eigenvalue weighted by molar-refractivity contribution is 7.15. The molecule has 0 saturated heterocycles. The molecule has 0 radical (unpaired) electrons. The molecule has 1 aliphatic heterocycles. The third kappa shape index (κ3) is 16.5. The average Bonchev–Trinajstić information content (AvgIpc) is 1.75. The van der Waals surface area contributed by atoms with Gasteiger partial charge in [0.05, 0.1) is 47.1 Å². The Morgan fingerprint density at radius 1 is 0.710 bits per heavy atom. The maximum atomic E-state index is 14.5. The van der Waals surface area contributed by atoms with Gasteiger partial charge in [-0.15, -0.1) is 68.0 Å². The van der Waals surface area contributed by atoms with Crippen LogP contribution in [0.5, 0.6) is 0 Å². The number of ketones is 1. The number of aliphatic hydroxyl groups excluding tert-OH is 1. The number of ether oxygens (including phenoxy) is 1. The molecule has 10 bridgehead atoms. The molecule has 1 saturated carbocycles. The Hall–Kier alpha value is -7.97. The molecule has 7 N–H and O–H groups in total. The van der Waals surface area contributed by atoms with E-state index in [9.17, 15) is 53.7 Å². The maximum Gasteiger partial charge on any atom is 0.306 e. The number of methoxy groups -OCH3 is 1. The lowest BCUT2D eigenvalue weighted by atomic mass is 9.80. The lowest BCUT2D eigenvalue weighted by molar-refractivity contribution is -0.143. The molecule has 1 aromatic carbocycles. The van der Waals surface area contributed by atoms with Crippen LogP contribution in [0.2, 0.25) is 0 Å². The molecule has 1 fully saturated rings. The Morgan fingerprint density at radius 3 is 2.15 bits per heavy atom. The fourth-order valence-electron chi connectivity index (χ4n) is 11.0. The summed E-state index contributed by atoms with van der Waals surface area (Å²) in [4.78, 5) is 145. The van der Waals surface area contributed by atoms with Gasteiger partial charge in [0.1, 0.15) is 77.2 Å². The van der Waals surface area contributed by atoms with Gasteiger partial charge in [-0.05, 0) is 75.0 Å². The second-order valence-corrected chi connectivity index (χ2v) is 28.8. The molecule has 4 atom stereocenters.